The summed E-state index contributed by atoms with van der Waals surface area (Å²) in [5.74, 6) is 1.32. The van der Waals surface area contributed by atoms with Crippen LogP contribution in [0.15, 0.2) is 24.3 Å². The molecule has 0 aliphatic rings. The summed E-state index contributed by atoms with van der Waals surface area (Å²) in [6.07, 6.45) is -0.469. The molecule has 0 heterocycles. The minimum atomic E-state index is -0.469. The van der Waals surface area contributed by atoms with E-state index in [0.29, 0.717) is 24.7 Å². The van der Waals surface area contributed by atoms with Gasteiger partial charge in [0.1, 0.15) is 6.61 Å². The lowest BCUT2D eigenvalue weighted by Crippen LogP contribution is -2.27. The fourth-order valence-electron chi connectivity index (χ4n) is 1.12. The molecule has 5 nitrogen and oxygen atoms in total. The van der Waals surface area contributed by atoms with E-state index in [0.717, 1.165) is 0 Å². The number of rotatable bonds is 5. The van der Waals surface area contributed by atoms with Gasteiger partial charge in [-0.3, -0.25) is 0 Å². The normalized spacial score (nSPS) is 9.38. The van der Waals surface area contributed by atoms with Crippen molar-refractivity contribution in [3.05, 3.63) is 24.3 Å². The van der Waals surface area contributed by atoms with E-state index in [1.54, 1.807) is 13.2 Å². The zero-order chi connectivity index (χ0) is 11.8. The highest BCUT2D eigenvalue weighted by molar-refractivity contribution is 5.66. The minimum Gasteiger partial charge on any atom is -0.493 e. The summed E-state index contributed by atoms with van der Waals surface area (Å²) in [4.78, 5) is 10.7. The van der Waals surface area contributed by atoms with Crippen LogP contribution < -0.4 is 14.8 Å². The highest BCUT2D eigenvalue weighted by Crippen LogP contribution is 2.25. The maximum absolute atomic E-state index is 10.7. The Labute approximate surface area is 94.3 Å². The van der Waals surface area contributed by atoms with Gasteiger partial charge >= 0.3 is 6.09 Å². The van der Waals surface area contributed by atoms with Crippen LogP contribution in [0, 0.1) is 0 Å². The van der Waals surface area contributed by atoms with Crippen LogP contribution in [0.3, 0.4) is 0 Å². The first-order valence-corrected chi connectivity index (χ1v) is 4.85. The van der Waals surface area contributed by atoms with Crippen molar-refractivity contribution in [3.63, 3.8) is 0 Å². The molecule has 1 rings (SSSR count). The number of para-hydroxylation sites is 2. The highest BCUT2D eigenvalue weighted by Gasteiger charge is 2.02. The Morgan fingerprint density at radius 2 is 1.94 bits per heavy atom. The Morgan fingerprint density at radius 1 is 1.25 bits per heavy atom. The number of hydrogen-bond donors (Lipinski definition) is 1. The van der Waals surface area contributed by atoms with Crippen molar-refractivity contribution in [2.75, 3.05) is 27.4 Å². The quantitative estimate of drug-likeness (QED) is 0.770. The molecular formula is C11H15NO4. The van der Waals surface area contributed by atoms with E-state index in [9.17, 15) is 4.79 Å². The molecule has 0 atom stereocenters. The number of alkyl carbamates (subject to hydrolysis) is 1. The Kier molecular flexibility index (Phi) is 4.98. The van der Waals surface area contributed by atoms with Crippen molar-refractivity contribution in [2.24, 2.45) is 0 Å². The van der Waals surface area contributed by atoms with E-state index in [-0.39, 0.29) is 0 Å². The Balaban J connectivity index is 2.34. The summed E-state index contributed by atoms with van der Waals surface area (Å²) in [6, 6.07) is 7.32. The monoisotopic (exact) mass is 225 g/mol. The number of carbonyl (C=O) groups excluding carboxylic acids is 1. The summed E-state index contributed by atoms with van der Waals surface area (Å²) in [5.41, 5.74) is 0. The first kappa shape index (κ1) is 12.2. The summed E-state index contributed by atoms with van der Waals surface area (Å²) in [5, 5.41) is 2.51. The number of carbonyl (C=O) groups is 1. The second-order valence-corrected chi connectivity index (χ2v) is 2.92. The van der Waals surface area contributed by atoms with Crippen LogP contribution in [0.25, 0.3) is 0 Å². The number of benzene rings is 1. The van der Waals surface area contributed by atoms with E-state index in [1.165, 1.54) is 7.11 Å². The second kappa shape index (κ2) is 6.55. The number of nitrogens with one attached hydrogen (secondary N) is 1. The minimum absolute atomic E-state index is 0.357. The van der Waals surface area contributed by atoms with Crippen molar-refractivity contribution in [1.82, 2.24) is 5.32 Å². The van der Waals surface area contributed by atoms with Gasteiger partial charge in [-0.2, -0.15) is 0 Å². The lowest BCUT2D eigenvalue weighted by molar-refractivity contribution is 0.168. The summed E-state index contributed by atoms with van der Waals surface area (Å²) < 4.78 is 15.0. The van der Waals surface area contributed by atoms with Gasteiger partial charge in [-0.05, 0) is 12.1 Å². The van der Waals surface area contributed by atoms with Crippen molar-refractivity contribution >= 4 is 6.09 Å². The van der Waals surface area contributed by atoms with Crippen molar-refractivity contribution < 1.29 is 19.0 Å². The molecule has 1 N–H and O–H groups in total. The molecular weight excluding hydrogens is 210 g/mol. The molecule has 1 amide bonds. The molecule has 5 heteroatoms. The molecule has 0 saturated heterocycles. The maximum atomic E-state index is 10.7. The standard InChI is InChI=1S/C11H15NO4/c1-14-9-5-3-4-6-10(9)16-8-7-12-11(13)15-2/h3-6H,7-8H2,1-2H3,(H,12,13). The van der Waals surface area contributed by atoms with E-state index >= 15 is 0 Å². The van der Waals surface area contributed by atoms with Crippen LogP contribution in [0.1, 0.15) is 0 Å². The van der Waals surface area contributed by atoms with E-state index in [1.807, 2.05) is 18.2 Å². The number of ether oxygens (including phenoxy) is 3. The number of methoxy groups -OCH3 is 2. The molecule has 0 fully saturated rings. The molecule has 1 aromatic carbocycles. The smallest absolute Gasteiger partial charge is 0.406 e. The van der Waals surface area contributed by atoms with Gasteiger partial charge in [0.05, 0.1) is 20.8 Å². The van der Waals surface area contributed by atoms with E-state index in [4.69, 9.17) is 9.47 Å². The van der Waals surface area contributed by atoms with Gasteiger partial charge in [0, 0.05) is 0 Å². The predicted molar refractivity (Wildman–Crippen MR) is 58.9 cm³/mol. The van der Waals surface area contributed by atoms with Crippen LogP contribution in [0.4, 0.5) is 4.79 Å². The van der Waals surface area contributed by atoms with Gasteiger partial charge in [-0.25, -0.2) is 4.79 Å². The average molecular weight is 225 g/mol. The lowest BCUT2D eigenvalue weighted by atomic mass is 10.3. The Hall–Kier alpha value is -1.91. The van der Waals surface area contributed by atoms with E-state index in [2.05, 4.69) is 10.1 Å². The van der Waals surface area contributed by atoms with Crippen molar-refractivity contribution in [3.8, 4) is 11.5 Å². The number of hydrogen-bond acceptors (Lipinski definition) is 4. The SMILES string of the molecule is COC(=O)NCCOc1ccccc1OC. The van der Waals surface area contributed by atoms with Gasteiger partial charge in [-0.1, -0.05) is 12.1 Å². The maximum Gasteiger partial charge on any atom is 0.406 e. The molecule has 0 aliphatic heterocycles. The lowest BCUT2D eigenvalue weighted by Gasteiger charge is -2.10. The molecule has 0 unspecified atom stereocenters. The molecule has 16 heavy (non-hydrogen) atoms. The summed E-state index contributed by atoms with van der Waals surface area (Å²) in [6.45, 7) is 0.736. The molecule has 0 aliphatic carbocycles. The third kappa shape index (κ3) is 3.68. The fourth-order valence-corrected chi connectivity index (χ4v) is 1.12. The predicted octanol–water partition coefficient (Wildman–Crippen LogP) is 1.43. The Morgan fingerprint density at radius 3 is 2.56 bits per heavy atom. The molecule has 1 aromatic rings. The highest BCUT2D eigenvalue weighted by atomic mass is 16.5. The van der Waals surface area contributed by atoms with Crippen LogP contribution in [0.5, 0.6) is 11.5 Å². The zero-order valence-corrected chi connectivity index (χ0v) is 9.36. The first-order valence-electron chi connectivity index (χ1n) is 4.85. The largest absolute Gasteiger partial charge is 0.493 e. The summed E-state index contributed by atoms with van der Waals surface area (Å²) in [7, 11) is 2.89. The average Bonchev–Trinajstić information content (AvgIpc) is 2.34. The first-order chi connectivity index (χ1) is 7.77. The van der Waals surface area contributed by atoms with Crippen LogP contribution >= 0.6 is 0 Å². The van der Waals surface area contributed by atoms with Gasteiger partial charge in [0.25, 0.3) is 0 Å². The third-order valence-corrected chi connectivity index (χ3v) is 1.88. The van der Waals surface area contributed by atoms with Gasteiger partial charge < -0.3 is 19.5 Å². The van der Waals surface area contributed by atoms with Crippen molar-refractivity contribution in [2.45, 2.75) is 0 Å². The van der Waals surface area contributed by atoms with Gasteiger partial charge in [-0.15, -0.1) is 0 Å². The second-order valence-electron chi connectivity index (χ2n) is 2.92. The van der Waals surface area contributed by atoms with Gasteiger partial charge in [0.15, 0.2) is 11.5 Å². The molecule has 0 spiro atoms. The van der Waals surface area contributed by atoms with Gasteiger partial charge in [0.2, 0.25) is 0 Å². The third-order valence-electron chi connectivity index (χ3n) is 1.88. The van der Waals surface area contributed by atoms with Crippen molar-refractivity contribution in [1.29, 1.82) is 0 Å². The topological polar surface area (TPSA) is 56.8 Å². The van der Waals surface area contributed by atoms with Crippen LogP contribution in [0.2, 0.25) is 0 Å². The number of amides is 1. The Bertz CT molecular complexity index is 341. The molecule has 0 aromatic heterocycles. The zero-order valence-electron chi connectivity index (χ0n) is 9.36. The van der Waals surface area contributed by atoms with E-state index < -0.39 is 6.09 Å². The summed E-state index contributed by atoms with van der Waals surface area (Å²) >= 11 is 0. The molecule has 0 bridgehead atoms. The van der Waals surface area contributed by atoms with Crippen LogP contribution in [-0.4, -0.2) is 33.5 Å². The fraction of sp³-hybridized carbons (Fsp3) is 0.364. The van der Waals surface area contributed by atoms with Crippen LogP contribution in [-0.2, 0) is 4.74 Å². The molecule has 88 valence electrons. The molecule has 0 radical (unpaired) electrons. The molecule has 0 saturated carbocycles.